The fourth-order valence-electron chi connectivity index (χ4n) is 3.95. The third-order valence-corrected chi connectivity index (χ3v) is 8.36. The third-order valence-electron chi connectivity index (χ3n) is 6.07. The first-order valence-corrected chi connectivity index (χ1v) is 15.1. The number of amides is 2. The van der Waals surface area contributed by atoms with E-state index in [0.717, 1.165) is 45.0 Å². The van der Waals surface area contributed by atoms with Crippen molar-refractivity contribution < 1.29 is 27.1 Å². The Morgan fingerprint density at radius 2 is 1.70 bits per heavy atom. The van der Waals surface area contributed by atoms with Crippen molar-refractivity contribution in [2.75, 3.05) is 24.0 Å². The third kappa shape index (κ3) is 8.04. The number of rotatable bonds is 13. The van der Waals surface area contributed by atoms with E-state index in [0.29, 0.717) is 18.9 Å². The van der Waals surface area contributed by atoms with Crippen LogP contribution >= 0.6 is 15.9 Å². The summed E-state index contributed by atoms with van der Waals surface area (Å²) in [5.41, 5.74) is 0.971. The van der Waals surface area contributed by atoms with Crippen LogP contribution in [0.5, 0.6) is 5.75 Å². The molecule has 0 fully saturated rings. The Balaban J connectivity index is 2.02. The van der Waals surface area contributed by atoms with E-state index < -0.39 is 34.3 Å². The number of halogens is 2. The van der Waals surface area contributed by atoms with Gasteiger partial charge in [0.1, 0.15) is 24.2 Å². The molecule has 0 aliphatic heterocycles. The van der Waals surface area contributed by atoms with Crippen LogP contribution in [0, 0.1) is 5.82 Å². The summed E-state index contributed by atoms with van der Waals surface area (Å²) >= 11 is 3.43. The molecule has 3 aromatic rings. The molecule has 3 aromatic carbocycles. The van der Waals surface area contributed by atoms with Crippen molar-refractivity contribution in [1.82, 2.24) is 10.2 Å². The van der Waals surface area contributed by atoms with Gasteiger partial charge in [0.15, 0.2) is 0 Å². The predicted octanol–water partition coefficient (Wildman–Crippen LogP) is 5.13. The zero-order valence-electron chi connectivity index (χ0n) is 22.6. The van der Waals surface area contributed by atoms with Crippen molar-refractivity contribution in [2.24, 2.45) is 0 Å². The van der Waals surface area contributed by atoms with Crippen molar-refractivity contribution in [3.05, 3.63) is 88.6 Å². The van der Waals surface area contributed by atoms with E-state index in [1.807, 2.05) is 38.1 Å². The Kier molecular flexibility index (Phi) is 11.1. The maximum absolute atomic E-state index is 13.9. The smallest absolute Gasteiger partial charge is 0.264 e. The van der Waals surface area contributed by atoms with Gasteiger partial charge in [0.2, 0.25) is 11.8 Å². The number of sulfonamides is 1. The maximum Gasteiger partial charge on any atom is 0.264 e. The lowest BCUT2D eigenvalue weighted by Gasteiger charge is -2.32. The molecule has 214 valence electrons. The number of hydrogen-bond donors (Lipinski definition) is 1. The van der Waals surface area contributed by atoms with Crippen molar-refractivity contribution in [1.29, 1.82) is 0 Å². The van der Waals surface area contributed by atoms with E-state index >= 15 is 0 Å². The maximum atomic E-state index is 13.9. The van der Waals surface area contributed by atoms with Crippen LogP contribution in [0.4, 0.5) is 10.1 Å². The summed E-state index contributed by atoms with van der Waals surface area (Å²) in [6, 6.07) is 17.1. The Bertz CT molecular complexity index is 1400. The summed E-state index contributed by atoms with van der Waals surface area (Å²) in [6.07, 6.45) is 0.722. The number of nitrogens with zero attached hydrogens (tertiary/aromatic N) is 2. The first-order valence-electron chi connectivity index (χ1n) is 12.9. The van der Waals surface area contributed by atoms with Crippen LogP contribution in [0.3, 0.4) is 0 Å². The molecule has 0 radical (unpaired) electrons. The minimum Gasteiger partial charge on any atom is -0.494 e. The van der Waals surface area contributed by atoms with Crippen molar-refractivity contribution in [2.45, 2.75) is 44.7 Å². The van der Waals surface area contributed by atoms with Crippen molar-refractivity contribution in [3.8, 4) is 5.75 Å². The fourth-order valence-corrected chi connectivity index (χ4v) is 5.81. The molecule has 1 atom stereocenters. The summed E-state index contributed by atoms with van der Waals surface area (Å²) in [5.74, 6) is -0.984. The highest BCUT2D eigenvalue weighted by molar-refractivity contribution is 9.10. The van der Waals surface area contributed by atoms with Crippen LogP contribution in [0.15, 0.2) is 82.2 Å². The minimum absolute atomic E-state index is 0.0761. The highest BCUT2D eigenvalue weighted by atomic mass is 79.9. The van der Waals surface area contributed by atoms with Gasteiger partial charge in [0.05, 0.1) is 17.2 Å². The van der Waals surface area contributed by atoms with Crippen LogP contribution in [0.25, 0.3) is 0 Å². The SMILES string of the molecule is CCCNC(=O)[C@@H](C)N(Cc1cccc(Br)c1)C(=O)CN(c1ccc(OCC)cc1)S(=O)(=O)c1ccc(F)cc1. The van der Waals surface area contributed by atoms with E-state index in [1.54, 1.807) is 19.1 Å². The first kappa shape index (κ1) is 31.1. The lowest BCUT2D eigenvalue weighted by atomic mass is 10.1. The zero-order chi connectivity index (χ0) is 29.3. The molecule has 0 aromatic heterocycles. The molecule has 0 saturated carbocycles. The molecular weight excluding hydrogens is 601 g/mol. The average molecular weight is 635 g/mol. The summed E-state index contributed by atoms with van der Waals surface area (Å²) < 4.78 is 48.4. The highest BCUT2D eigenvalue weighted by Crippen LogP contribution is 2.27. The number of carbonyl (C=O) groups excluding carboxylic acids is 2. The second-order valence-electron chi connectivity index (χ2n) is 9.01. The topological polar surface area (TPSA) is 96.0 Å². The lowest BCUT2D eigenvalue weighted by Crippen LogP contribution is -2.51. The normalized spacial score (nSPS) is 11.9. The molecule has 2 amide bonds. The summed E-state index contributed by atoms with van der Waals surface area (Å²) in [4.78, 5) is 28.0. The van der Waals surface area contributed by atoms with Gasteiger partial charge in [-0.25, -0.2) is 12.8 Å². The number of carbonyl (C=O) groups is 2. The fraction of sp³-hybridized carbons (Fsp3) is 0.310. The quantitative estimate of drug-likeness (QED) is 0.282. The largest absolute Gasteiger partial charge is 0.494 e. The van der Waals surface area contributed by atoms with Gasteiger partial charge in [0.25, 0.3) is 10.0 Å². The van der Waals surface area contributed by atoms with E-state index in [1.165, 1.54) is 17.0 Å². The number of anilines is 1. The molecule has 0 bridgehead atoms. The second kappa shape index (κ2) is 14.3. The molecule has 0 aliphatic carbocycles. The van der Waals surface area contributed by atoms with Crippen LogP contribution < -0.4 is 14.4 Å². The molecule has 0 saturated heterocycles. The Morgan fingerprint density at radius 1 is 1.02 bits per heavy atom. The minimum atomic E-state index is -4.29. The lowest BCUT2D eigenvalue weighted by molar-refractivity contribution is -0.139. The van der Waals surface area contributed by atoms with E-state index in [9.17, 15) is 22.4 Å². The molecule has 40 heavy (non-hydrogen) atoms. The molecule has 11 heteroatoms. The van der Waals surface area contributed by atoms with Gasteiger partial charge in [-0.05, 0) is 86.5 Å². The summed E-state index contributed by atoms with van der Waals surface area (Å²) in [7, 11) is -4.29. The Hall–Kier alpha value is -3.44. The van der Waals surface area contributed by atoms with Gasteiger partial charge >= 0.3 is 0 Å². The molecule has 0 unspecified atom stereocenters. The van der Waals surface area contributed by atoms with Gasteiger partial charge < -0.3 is 15.0 Å². The highest BCUT2D eigenvalue weighted by Gasteiger charge is 2.32. The van der Waals surface area contributed by atoms with Gasteiger partial charge in [-0.3, -0.25) is 13.9 Å². The molecule has 3 rings (SSSR count). The molecule has 0 heterocycles. The summed E-state index contributed by atoms with van der Waals surface area (Å²) in [5, 5.41) is 2.81. The van der Waals surface area contributed by atoms with Crippen LogP contribution in [-0.2, 0) is 26.2 Å². The van der Waals surface area contributed by atoms with Gasteiger partial charge in [-0.1, -0.05) is 35.0 Å². The Labute approximate surface area is 243 Å². The van der Waals surface area contributed by atoms with Crippen LogP contribution in [0.2, 0.25) is 0 Å². The van der Waals surface area contributed by atoms with Gasteiger partial charge in [0, 0.05) is 17.6 Å². The number of benzene rings is 3. The summed E-state index contributed by atoms with van der Waals surface area (Å²) in [6.45, 7) is 5.72. The average Bonchev–Trinajstić information content (AvgIpc) is 2.93. The second-order valence-corrected chi connectivity index (χ2v) is 11.8. The zero-order valence-corrected chi connectivity index (χ0v) is 25.0. The molecule has 1 N–H and O–H groups in total. The molecule has 8 nitrogen and oxygen atoms in total. The first-order chi connectivity index (χ1) is 19.1. The number of hydrogen-bond acceptors (Lipinski definition) is 5. The molecule has 0 spiro atoms. The predicted molar refractivity (Wildman–Crippen MR) is 156 cm³/mol. The number of ether oxygens (including phenoxy) is 1. The van der Waals surface area contributed by atoms with Crippen LogP contribution in [-0.4, -0.2) is 50.9 Å². The van der Waals surface area contributed by atoms with E-state index in [-0.39, 0.29) is 23.0 Å². The Morgan fingerprint density at radius 3 is 2.30 bits per heavy atom. The van der Waals surface area contributed by atoms with Crippen LogP contribution in [0.1, 0.15) is 32.8 Å². The van der Waals surface area contributed by atoms with Gasteiger partial charge in [-0.2, -0.15) is 0 Å². The standard InChI is InChI=1S/C29H33BrFN3O5S/c1-4-17-32-29(36)21(3)33(19-22-7-6-8-23(30)18-22)28(35)20-34(25-11-13-26(14-12-25)39-5-2)40(37,38)27-15-9-24(31)10-16-27/h6-16,18,21H,4-5,17,19-20H2,1-3H3,(H,32,36)/t21-/m1/s1. The van der Waals surface area contributed by atoms with E-state index in [4.69, 9.17) is 4.74 Å². The van der Waals surface area contributed by atoms with Crippen molar-refractivity contribution in [3.63, 3.8) is 0 Å². The monoisotopic (exact) mass is 633 g/mol. The molecule has 0 aliphatic rings. The number of nitrogens with one attached hydrogen (secondary N) is 1. The van der Waals surface area contributed by atoms with Crippen molar-refractivity contribution >= 4 is 43.5 Å². The molecular formula is C29H33BrFN3O5S. The van der Waals surface area contributed by atoms with E-state index in [2.05, 4.69) is 21.2 Å². The van der Waals surface area contributed by atoms with Gasteiger partial charge in [-0.15, -0.1) is 0 Å².